The number of halogens is 1. The molecule has 0 bridgehead atoms. The number of nitro benzene ring substituents is 1. The third-order valence-corrected chi connectivity index (χ3v) is 4.29. The molecule has 0 radical (unpaired) electrons. The molecule has 1 aromatic carbocycles. The summed E-state index contributed by atoms with van der Waals surface area (Å²) >= 11 is 5.77. The third-order valence-electron chi connectivity index (χ3n) is 3.97. The van der Waals surface area contributed by atoms with Crippen LogP contribution in [0.5, 0.6) is 0 Å². The first-order valence-corrected chi connectivity index (χ1v) is 7.83. The van der Waals surface area contributed by atoms with E-state index in [1.54, 1.807) is 12.1 Å². The lowest BCUT2D eigenvalue weighted by atomic mass is 10.00. The first-order valence-electron chi connectivity index (χ1n) is 7.45. The average Bonchev–Trinajstić information content (AvgIpc) is 2.53. The van der Waals surface area contributed by atoms with E-state index in [2.05, 4.69) is 6.92 Å². The highest BCUT2D eigenvalue weighted by Crippen LogP contribution is 2.26. The van der Waals surface area contributed by atoms with Crippen molar-refractivity contribution in [2.45, 2.75) is 38.6 Å². The van der Waals surface area contributed by atoms with Gasteiger partial charge in [0.05, 0.1) is 4.92 Å². The summed E-state index contributed by atoms with van der Waals surface area (Å²) in [4.78, 5) is 24.5. The Kier molecular flexibility index (Phi) is 5.55. The maximum absolute atomic E-state index is 12.3. The van der Waals surface area contributed by atoms with Crippen LogP contribution in [0.15, 0.2) is 24.3 Å². The SMILES string of the molecule is CCC1CCCCN1C(=O)/C=C/c1ccc(Cl)c([N+](=O)[O-])c1. The minimum atomic E-state index is -0.529. The average molecular weight is 323 g/mol. The van der Waals surface area contributed by atoms with Crippen LogP contribution in [-0.4, -0.2) is 28.3 Å². The molecule has 1 amide bonds. The molecule has 0 saturated carbocycles. The van der Waals surface area contributed by atoms with Gasteiger partial charge in [-0.1, -0.05) is 24.6 Å². The first kappa shape index (κ1) is 16.5. The summed E-state index contributed by atoms with van der Waals surface area (Å²) in [5, 5.41) is 11.0. The molecule has 1 saturated heterocycles. The fourth-order valence-electron chi connectivity index (χ4n) is 2.75. The minimum Gasteiger partial charge on any atom is -0.336 e. The number of amides is 1. The molecule has 1 aromatic rings. The molecule has 1 fully saturated rings. The van der Waals surface area contributed by atoms with E-state index in [0.29, 0.717) is 11.6 Å². The molecule has 0 spiro atoms. The molecule has 1 heterocycles. The highest BCUT2D eigenvalue weighted by Gasteiger charge is 2.23. The Morgan fingerprint density at radius 3 is 2.95 bits per heavy atom. The zero-order valence-electron chi connectivity index (χ0n) is 12.5. The molecule has 6 heteroatoms. The van der Waals surface area contributed by atoms with Gasteiger partial charge in [-0.3, -0.25) is 14.9 Å². The van der Waals surface area contributed by atoms with Crippen molar-refractivity contribution in [2.75, 3.05) is 6.54 Å². The Labute approximate surface area is 134 Å². The topological polar surface area (TPSA) is 63.5 Å². The predicted octanol–water partition coefficient (Wildman–Crippen LogP) is 4.05. The number of rotatable bonds is 4. The Bertz CT molecular complexity index is 601. The molecule has 22 heavy (non-hydrogen) atoms. The molecule has 0 aliphatic carbocycles. The van der Waals surface area contributed by atoms with Gasteiger partial charge in [0.1, 0.15) is 5.02 Å². The van der Waals surface area contributed by atoms with Crippen molar-refractivity contribution in [1.29, 1.82) is 0 Å². The predicted molar refractivity (Wildman–Crippen MR) is 86.8 cm³/mol. The van der Waals surface area contributed by atoms with Crippen LogP contribution >= 0.6 is 11.6 Å². The molecule has 1 atom stereocenters. The van der Waals surface area contributed by atoms with E-state index in [0.717, 1.165) is 32.2 Å². The lowest BCUT2D eigenvalue weighted by molar-refractivity contribution is -0.384. The van der Waals surface area contributed by atoms with Crippen molar-refractivity contribution in [2.24, 2.45) is 0 Å². The summed E-state index contributed by atoms with van der Waals surface area (Å²) in [5.41, 5.74) is 0.440. The summed E-state index contributed by atoms with van der Waals surface area (Å²) in [7, 11) is 0. The van der Waals surface area contributed by atoms with Gasteiger partial charge in [-0.15, -0.1) is 0 Å². The van der Waals surface area contributed by atoms with E-state index in [1.807, 2.05) is 4.90 Å². The Balaban J connectivity index is 2.12. The Morgan fingerprint density at radius 1 is 1.50 bits per heavy atom. The van der Waals surface area contributed by atoms with Gasteiger partial charge in [0, 0.05) is 24.7 Å². The second-order valence-corrected chi connectivity index (χ2v) is 5.80. The molecule has 5 nitrogen and oxygen atoms in total. The van der Waals surface area contributed by atoms with E-state index >= 15 is 0 Å². The summed E-state index contributed by atoms with van der Waals surface area (Å²) in [6.45, 7) is 2.87. The molecule has 1 unspecified atom stereocenters. The van der Waals surface area contributed by atoms with E-state index in [1.165, 1.54) is 18.2 Å². The normalized spacial score (nSPS) is 18.6. The van der Waals surface area contributed by atoms with Crippen LogP contribution in [-0.2, 0) is 4.79 Å². The molecular formula is C16H19ClN2O3. The van der Waals surface area contributed by atoms with E-state index < -0.39 is 4.92 Å². The minimum absolute atomic E-state index is 0.0378. The van der Waals surface area contributed by atoms with Gasteiger partial charge in [-0.25, -0.2) is 0 Å². The maximum atomic E-state index is 12.3. The van der Waals surface area contributed by atoms with Gasteiger partial charge in [0.15, 0.2) is 0 Å². The van der Waals surface area contributed by atoms with Crippen molar-refractivity contribution >= 4 is 29.3 Å². The van der Waals surface area contributed by atoms with Crippen molar-refractivity contribution in [3.05, 3.63) is 45.0 Å². The fraction of sp³-hybridized carbons (Fsp3) is 0.438. The summed E-state index contributed by atoms with van der Waals surface area (Å²) in [6.07, 6.45) is 7.28. The van der Waals surface area contributed by atoms with Crippen molar-refractivity contribution in [3.8, 4) is 0 Å². The molecule has 0 N–H and O–H groups in total. The van der Waals surface area contributed by atoms with Crippen molar-refractivity contribution in [1.82, 2.24) is 4.90 Å². The Morgan fingerprint density at radius 2 is 2.27 bits per heavy atom. The fourth-order valence-corrected chi connectivity index (χ4v) is 2.94. The van der Waals surface area contributed by atoms with Crippen LogP contribution in [0.4, 0.5) is 5.69 Å². The highest BCUT2D eigenvalue weighted by atomic mass is 35.5. The molecule has 1 aliphatic heterocycles. The molecular weight excluding hydrogens is 304 g/mol. The van der Waals surface area contributed by atoms with E-state index in [4.69, 9.17) is 11.6 Å². The molecule has 2 rings (SSSR count). The number of piperidine rings is 1. The maximum Gasteiger partial charge on any atom is 0.288 e. The van der Waals surface area contributed by atoms with Crippen molar-refractivity contribution < 1.29 is 9.72 Å². The first-order chi connectivity index (χ1) is 10.5. The second-order valence-electron chi connectivity index (χ2n) is 5.39. The zero-order chi connectivity index (χ0) is 16.1. The number of nitro groups is 1. The van der Waals surface area contributed by atoms with Crippen LogP contribution in [0, 0.1) is 10.1 Å². The second kappa shape index (κ2) is 7.40. The summed E-state index contributed by atoms with van der Waals surface area (Å²) < 4.78 is 0. The molecule has 118 valence electrons. The van der Waals surface area contributed by atoms with Crippen LogP contribution in [0.3, 0.4) is 0 Å². The summed E-state index contributed by atoms with van der Waals surface area (Å²) in [6, 6.07) is 4.80. The van der Waals surface area contributed by atoms with Crippen molar-refractivity contribution in [3.63, 3.8) is 0 Å². The van der Waals surface area contributed by atoms with Gasteiger partial charge >= 0.3 is 0 Å². The largest absolute Gasteiger partial charge is 0.336 e. The standard InChI is InChI=1S/C16H19ClN2O3/c1-2-13-5-3-4-10-18(13)16(20)9-7-12-6-8-14(17)15(11-12)19(21)22/h6-9,11,13H,2-5,10H2,1H3/b9-7+. The number of benzene rings is 1. The molecule has 0 aromatic heterocycles. The number of hydrogen-bond donors (Lipinski definition) is 0. The number of nitrogens with zero attached hydrogens (tertiary/aromatic N) is 2. The van der Waals surface area contributed by atoms with Gasteiger partial charge in [-0.05, 0) is 43.4 Å². The van der Waals surface area contributed by atoms with Crippen LogP contribution in [0.1, 0.15) is 38.2 Å². The number of likely N-dealkylation sites (tertiary alicyclic amines) is 1. The number of carbonyl (C=O) groups excluding carboxylic acids is 1. The third kappa shape index (κ3) is 3.85. The van der Waals surface area contributed by atoms with Gasteiger partial charge in [0.2, 0.25) is 5.91 Å². The van der Waals surface area contributed by atoms with Crippen LogP contribution < -0.4 is 0 Å². The van der Waals surface area contributed by atoms with Crippen LogP contribution in [0.2, 0.25) is 5.02 Å². The Hall–Kier alpha value is -1.88. The number of carbonyl (C=O) groups is 1. The number of hydrogen-bond acceptors (Lipinski definition) is 3. The molecule has 1 aliphatic rings. The monoisotopic (exact) mass is 322 g/mol. The van der Waals surface area contributed by atoms with Gasteiger partial charge in [-0.2, -0.15) is 0 Å². The quantitative estimate of drug-likeness (QED) is 0.477. The zero-order valence-corrected chi connectivity index (χ0v) is 13.3. The van der Waals surface area contributed by atoms with Gasteiger partial charge in [0.25, 0.3) is 5.69 Å². The lowest BCUT2D eigenvalue weighted by Crippen LogP contribution is -2.42. The van der Waals surface area contributed by atoms with E-state index in [9.17, 15) is 14.9 Å². The van der Waals surface area contributed by atoms with Crippen LogP contribution in [0.25, 0.3) is 6.08 Å². The summed E-state index contributed by atoms with van der Waals surface area (Å²) in [5.74, 6) is -0.0378. The lowest BCUT2D eigenvalue weighted by Gasteiger charge is -2.34. The van der Waals surface area contributed by atoms with Gasteiger partial charge < -0.3 is 4.90 Å². The smallest absolute Gasteiger partial charge is 0.288 e. The van der Waals surface area contributed by atoms with E-state index in [-0.39, 0.29) is 16.6 Å². The highest BCUT2D eigenvalue weighted by molar-refractivity contribution is 6.32.